The van der Waals surface area contributed by atoms with Gasteiger partial charge in [-0.05, 0) is 36.5 Å². The molecular weight excluding hydrogens is 426 g/mol. The molecule has 0 bridgehead atoms. The van der Waals surface area contributed by atoms with Gasteiger partial charge in [-0.3, -0.25) is 19.8 Å². The number of ether oxygens (including phenoxy) is 2. The lowest BCUT2D eigenvalue weighted by molar-refractivity contribution is -0.129. The molecule has 0 spiro atoms. The van der Waals surface area contributed by atoms with Crippen molar-refractivity contribution in [2.45, 2.75) is 6.54 Å². The number of amides is 2. The summed E-state index contributed by atoms with van der Waals surface area (Å²) in [5.74, 6) is -0.124. The number of fused-ring (bicyclic) bond motifs is 1. The van der Waals surface area contributed by atoms with Gasteiger partial charge in [0.05, 0.1) is 19.7 Å². The molecule has 7 nitrogen and oxygen atoms in total. The number of nitrogens with one attached hydrogen (secondary N) is 1. The van der Waals surface area contributed by atoms with Crippen LogP contribution in [0.2, 0.25) is 0 Å². The summed E-state index contributed by atoms with van der Waals surface area (Å²) in [6.45, 7) is 1.68. The summed E-state index contributed by atoms with van der Waals surface area (Å²) < 4.78 is 12.9. The van der Waals surface area contributed by atoms with Crippen molar-refractivity contribution in [2.24, 2.45) is 0 Å². The fraction of sp³-hybridized carbons (Fsp3) is 0.208. The second-order valence-electron chi connectivity index (χ2n) is 7.22. The molecule has 0 atom stereocenters. The van der Waals surface area contributed by atoms with Crippen LogP contribution >= 0.6 is 12.2 Å². The molecule has 32 heavy (non-hydrogen) atoms. The van der Waals surface area contributed by atoms with Crippen LogP contribution in [0.15, 0.2) is 66.4 Å². The molecule has 4 rings (SSSR count). The molecule has 0 unspecified atom stereocenters. The molecule has 1 saturated heterocycles. The summed E-state index contributed by atoms with van der Waals surface area (Å²) in [5.41, 5.74) is 1.81. The van der Waals surface area contributed by atoms with Gasteiger partial charge >= 0.3 is 0 Å². The van der Waals surface area contributed by atoms with E-state index in [2.05, 4.69) is 9.88 Å². The molecule has 1 fully saturated rings. The van der Waals surface area contributed by atoms with Gasteiger partial charge < -0.3 is 14.0 Å². The van der Waals surface area contributed by atoms with E-state index in [1.807, 2.05) is 60.8 Å². The lowest BCUT2D eigenvalue weighted by Gasteiger charge is -2.28. The number of hydrogen-bond donors (Lipinski definition) is 1. The summed E-state index contributed by atoms with van der Waals surface area (Å²) in [4.78, 5) is 26.8. The molecule has 164 valence electrons. The zero-order chi connectivity index (χ0) is 22.5. The number of benzene rings is 2. The molecule has 2 heterocycles. The minimum Gasteiger partial charge on any atom is -0.492 e. The number of nitrogens with zero attached hydrogens (tertiary/aromatic N) is 2. The third kappa shape index (κ3) is 4.56. The quantitative estimate of drug-likeness (QED) is 0.325. The molecule has 3 aromatic rings. The number of rotatable bonds is 8. The SMILES string of the molecule is COCCN1C(=O)C(=Cc2cn(CCOc3ccccc3)c3ccccc23)C(=O)NC1=S. The molecule has 0 radical (unpaired) electrons. The lowest BCUT2D eigenvalue weighted by Crippen LogP contribution is -2.54. The van der Waals surface area contributed by atoms with Crippen LogP contribution < -0.4 is 10.1 Å². The first-order chi connectivity index (χ1) is 15.6. The van der Waals surface area contributed by atoms with Crippen molar-refractivity contribution < 1.29 is 19.1 Å². The van der Waals surface area contributed by atoms with E-state index >= 15 is 0 Å². The van der Waals surface area contributed by atoms with E-state index < -0.39 is 11.8 Å². The van der Waals surface area contributed by atoms with Gasteiger partial charge in [0, 0.05) is 29.8 Å². The van der Waals surface area contributed by atoms with Gasteiger partial charge in [0.25, 0.3) is 11.8 Å². The summed E-state index contributed by atoms with van der Waals surface area (Å²) in [5, 5.41) is 3.63. The molecule has 0 saturated carbocycles. The zero-order valence-electron chi connectivity index (χ0n) is 17.6. The number of hydrogen-bond acceptors (Lipinski definition) is 5. The van der Waals surface area contributed by atoms with Crippen LogP contribution in [0.25, 0.3) is 17.0 Å². The van der Waals surface area contributed by atoms with E-state index in [4.69, 9.17) is 21.7 Å². The maximum absolute atomic E-state index is 13.0. The third-order valence-corrected chi connectivity index (χ3v) is 5.49. The van der Waals surface area contributed by atoms with E-state index in [1.165, 1.54) is 4.90 Å². The minimum absolute atomic E-state index is 0.0399. The Bertz CT molecular complexity index is 1190. The summed E-state index contributed by atoms with van der Waals surface area (Å²) in [6.07, 6.45) is 3.55. The topological polar surface area (TPSA) is 72.8 Å². The molecular formula is C24H23N3O4S. The molecule has 0 aliphatic carbocycles. The van der Waals surface area contributed by atoms with Crippen LogP contribution in [0.1, 0.15) is 5.56 Å². The highest BCUT2D eigenvalue weighted by Gasteiger charge is 2.33. The minimum atomic E-state index is -0.502. The maximum atomic E-state index is 13.0. The van der Waals surface area contributed by atoms with Crippen molar-refractivity contribution in [1.82, 2.24) is 14.8 Å². The van der Waals surface area contributed by atoms with Crippen LogP contribution in [0.3, 0.4) is 0 Å². The standard InChI is InChI=1S/C24H23N3O4S/c1-30-13-12-27-23(29)20(22(28)25-24(27)32)15-17-16-26(21-10-6-5-9-19(17)21)11-14-31-18-7-3-2-4-8-18/h2-10,15-16H,11-14H2,1H3,(H,25,28,32). The zero-order valence-corrected chi connectivity index (χ0v) is 18.4. The Labute approximate surface area is 191 Å². The molecule has 2 aromatic carbocycles. The van der Waals surface area contributed by atoms with Gasteiger partial charge in [-0.15, -0.1) is 0 Å². The van der Waals surface area contributed by atoms with Gasteiger partial charge in [0.1, 0.15) is 17.9 Å². The highest BCUT2D eigenvalue weighted by molar-refractivity contribution is 7.80. The Hall–Kier alpha value is -3.49. The Kier molecular flexibility index (Phi) is 6.63. The lowest BCUT2D eigenvalue weighted by atomic mass is 10.1. The van der Waals surface area contributed by atoms with Crippen LogP contribution in [0.4, 0.5) is 0 Å². The second kappa shape index (κ2) is 9.76. The van der Waals surface area contributed by atoms with Crippen molar-refractivity contribution in [3.8, 4) is 5.75 Å². The van der Waals surface area contributed by atoms with Crippen molar-refractivity contribution in [3.63, 3.8) is 0 Å². The van der Waals surface area contributed by atoms with Crippen LogP contribution in [0.5, 0.6) is 5.75 Å². The van der Waals surface area contributed by atoms with Crippen LogP contribution in [-0.2, 0) is 20.9 Å². The Morgan fingerprint density at radius 1 is 1.00 bits per heavy atom. The van der Waals surface area contributed by atoms with Gasteiger partial charge in [-0.25, -0.2) is 0 Å². The number of aromatic nitrogens is 1. The number of para-hydroxylation sites is 2. The Morgan fingerprint density at radius 3 is 2.53 bits per heavy atom. The normalized spacial score (nSPS) is 15.5. The fourth-order valence-corrected chi connectivity index (χ4v) is 3.86. The molecule has 8 heteroatoms. The van der Waals surface area contributed by atoms with Gasteiger partial charge in [0.15, 0.2) is 5.11 Å². The van der Waals surface area contributed by atoms with E-state index in [9.17, 15) is 9.59 Å². The monoisotopic (exact) mass is 449 g/mol. The van der Waals surface area contributed by atoms with Gasteiger partial charge in [-0.1, -0.05) is 36.4 Å². The van der Waals surface area contributed by atoms with Gasteiger partial charge in [0.2, 0.25) is 0 Å². The average Bonchev–Trinajstić information content (AvgIpc) is 3.15. The highest BCUT2D eigenvalue weighted by atomic mass is 32.1. The smallest absolute Gasteiger partial charge is 0.265 e. The predicted molar refractivity (Wildman–Crippen MR) is 126 cm³/mol. The third-order valence-electron chi connectivity index (χ3n) is 5.17. The summed E-state index contributed by atoms with van der Waals surface area (Å²) in [6, 6.07) is 17.5. The number of methoxy groups -OCH3 is 1. The second-order valence-corrected chi connectivity index (χ2v) is 7.61. The predicted octanol–water partition coefficient (Wildman–Crippen LogP) is 2.99. The van der Waals surface area contributed by atoms with Crippen molar-refractivity contribution in [3.05, 3.63) is 71.9 Å². The number of carbonyl (C=O) groups excluding carboxylic acids is 2. The van der Waals surface area contributed by atoms with E-state index in [0.29, 0.717) is 19.8 Å². The summed E-state index contributed by atoms with van der Waals surface area (Å²) >= 11 is 5.15. The molecule has 1 aliphatic heterocycles. The number of thiocarbonyl (C=S) groups is 1. The van der Waals surface area contributed by atoms with Gasteiger partial charge in [-0.2, -0.15) is 0 Å². The fourth-order valence-electron chi connectivity index (χ4n) is 3.59. The molecule has 1 N–H and O–H groups in total. The Balaban J connectivity index is 1.61. The molecule has 2 amide bonds. The first kappa shape index (κ1) is 21.7. The summed E-state index contributed by atoms with van der Waals surface area (Å²) in [7, 11) is 1.54. The first-order valence-corrected chi connectivity index (χ1v) is 10.6. The maximum Gasteiger partial charge on any atom is 0.265 e. The van der Waals surface area contributed by atoms with Crippen LogP contribution in [-0.4, -0.2) is 53.3 Å². The number of carbonyl (C=O) groups is 2. The van der Waals surface area contributed by atoms with E-state index in [1.54, 1.807) is 13.2 Å². The Morgan fingerprint density at radius 2 is 1.75 bits per heavy atom. The first-order valence-electron chi connectivity index (χ1n) is 10.2. The highest BCUT2D eigenvalue weighted by Crippen LogP contribution is 2.25. The largest absolute Gasteiger partial charge is 0.492 e. The van der Waals surface area contributed by atoms with Crippen molar-refractivity contribution >= 4 is 46.1 Å². The molecule has 1 aliphatic rings. The molecule has 1 aromatic heterocycles. The van der Waals surface area contributed by atoms with Crippen LogP contribution in [0, 0.1) is 0 Å². The van der Waals surface area contributed by atoms with E-state index in [-0.39, 0.29) is 17.2 Å². The van der Waals surface area contributed by atoms with Crippen molar-refractivity contribution in [1.29, 1.82) is 0 Å². The van der Waals surface area contributed by atoms with Crippen molar-refractivity contribution in [2.75, 3.05) is 26.9 Å². The average molecular weight is 450 g/mol. The van der Waals surface area contributed by atoms with E-state index in [0.717, 1.165) is 22.2 Å².